The Hall–Kier alpha value is -5.01. The quantitative estimate of drug-likeness (QED) is 0.113. The predicted octanol–water partition coefficient (Wildman–Crippen LogP) is 4.35. The van der Waals surface area contributed by atoms with E-state index in [2.05, 4.69) is 37.2 Å². The number of nitrogens with two attached hydrogens (primary N) is 1. The van der Waals surface area contributed by atoms with E-state index in [9.17, 15) is 18.4 Å². The molecule has 0 unspecified atom stereocenters. The summed E-state index contributed by atoms with van der Waals surface area (Å²) in [7, 11) is 1.69. The maximum absolute atomic E-state index is 13.6. The summed E-state index contributed by atoms with van der Waals surface area (Å²) >= 11 is 6.17. The Kier molecular flexibility index (Phi) is 12.9. The number of piperidine rings is 1. The van der Waals surface area contributed by atoms with Crippen LogP contribution in [-0.4, -0.2) is 79.4 Å². The fourth-order valence-corrected chi connectivity index (χ4v) is 5.36. The molecule has 2 aromatic rings. The molecule has 0 bridgehead atoms. The SMILES string of the molecule is C=C(N)/C(C(=O)N/C(=C/NC1CCN(CCCNC(=O)c2ccccc2)CC1)C(=N)c1cc(Cl)ccc1OC(F)F)=C1/N=CC=CN1C. The van der Waals surface area contributed by atoms with Gasteiger partial charge in [-0.15, -0.1) is 0 Å². The Labute approximate surface area is 283 Å². The summed E-state index contributed by atoms with van der Waals surface area (Å²) in [6.45, 7) is 3.54. The van der Waals surface area contributed by atoms with Gasteiger partial charge in [0.2, 0.25) is 0 Å². The molecule has 4 rings (SSSR count). The number of ether oxygens (including phenoxy) is 1. The third kappa shape index (κ3) is 9.99. The lowest BCUT2D eigenvalue weighted by atomic mass is 10.0. The summed E-state index contributed by atoms with van der Waals surface area (Å²) in [6, 6.07) is 13.0. The van der Waals surface area contributed by atoms with Crippen LogP contribution in [0.25, 0.3) is 0 Å². The van der Waals surface area contributed by atoms with Gasteiger partial charge in [0.25, 0.3) is 11.8 Å². The number of allylic oxidation sites excluding steroid dienone is 2. The van der Waals surface area contributed by atoms with E-state index in [-0.39, 0.29) is 56.8 Å². The molecule has 2 heterocycles. The lowest BCUT2D eigenvalue weighted by Crippen LogP contribution is -2.42. The van der Waals surface area contributed by atoms with Gasteiger partial charge in [0.15, 0.2) is 0 Å². The second kappa shape index (κ2) is 17.2. The van der Waals surface area contributed by atoms with Gasteiger partial charge < -0.3 is 36.2 Å². The van der Waals surface area contributed by atoms with Crippen LogP contribution in [0, 0.1) is 5.41 Å². The second-order valence-corrected chi connectivity index (χ2v) is 11.6. The first-order valence-corrected chi connectivity index (χ1v) is 15.7. The molecule has 0 spiro atoms. The topological polar surface area (TPSA) is 148 Å². The van der Waals surface area contributed by atoms with Crippen molar-refractivity contribution in [1.82, 2.24) is 25.8 Å². The molecule has 2 aromatic carbocycles. The van der Waals surface area contributed by atoms with Crippen LogP contribution in [0.3, 0.4) is 0 Å². The fraction of sp³-hybridized carbons (Fsp3) is 0.294. The molecule has 254 valence electrons. The molecule has 0 radical (unpaired) electrons. The average molecular weight is 681 g/mol. The molecule has 48 heavy (non-hydrogen) atoms. The van der Waals surface area contributed by atoms with Gasteiger partial charge in [-0.3, -0.25) is 15.0 Å². The van der Waals surface area contributed by atoms with Crippen molar-refractivity contribution in [3.05, 3.63) is 113 Å². The molecule has 0 saturated carbocycles. The van der Waals surface area contributed by atoms with E-state index >= 15 is 0 Å². The summed E-state index contributed by atoms with van der Waals surface area (Å²) in [5.41, 5.74) is 6.14. The highest BCUT2D eigenvalue weighted by atomic mass is 35.5. The van der Waals surface area contributed by atoms with Gasteiger partial charge in [-0.1, -0.05) is 36.4 Å². The van der Waals surface area contributed by atoms with E-state index < -0.39 is 12.5 Å². The molecule has 2 aliphatic heterocycles. The third-order valence-corrected chi connectivity index (χ3v) is 7.90. The number of carbonyl (C=O) groups excluding carboxylic acids is 2. The van der Waals surface area contributed by atoms with Crippen LogP contribution in [0.1, 0.15) is 35.2 Å². The highest BCUT2D eigenvalue weighted by molar-refractivity contribution is 6.31. The molecule has 11 nitrogen and oxygen atoms in total. The van der Waals surface area contributed by atoms with Crippen molar-refractivity contribution in [2.24, 2.45) is 10.7 Å². The van der Waals surface area contributed by atoms with E-state index in [4.69, 9.17) is 22.7 Å². The molecular formula is C34H39ClF2N8O3. The van der Waals surface area contributed by atoms with E-state index in [0.29, 0.717) is 12.1 Å². The number of hydrogen-bond donors (Lipinski definition) is 5. The number of likely N-dealkylation sites (tertiary alicyclic amines) is 1. The third-order valence-electron chi connectivity index (χ3n) is 7.67. The number of carbonyl (C=O) groups is 2. The lowest BCUT2D eigenvalue weighted by molar-refractivity contribution is -0.116. The van der Waals surface area contributed by atoms with Crippen LogP contribution in [0.15, 0.2) is 101 Å². The Bertz CT molecular complexity index is 1620. The highest BCUT2D eigenvalue weighted by Gasteiger charge is 2.25. The Balaban J connectivity index is 1.45. The first-order chi connectivity index (χ1) is 23.0. The normalized spacial score (nSPS) is 16.4. The number of alkyl halides is 2. The first kappa shape index (κ1) is 35.8. The maximum Gasteiger partial charge on any atom is 0.387 e. The molecule has 2 amide bonds. The van der Waals surface area contributed by atoms with Crippen molar-refractivity contribution in [2.45, 2.75) is 31.9 Å². The first-order valence-electron chi connectivity index (χ1n) is 15.3. The molecule has 0 aromatic heterocycles. The molecule has 0 aliphatic carbocycles. The van der Waals surface area contributed by atoms with E-state index in [1.807, 2.05) is 18.2 Å². The zero-order chi connectivity index (χ0) is 34.6. The number of hydrogen-bond acceptors (Lipinski definition) is 9. The van der Waals surface area contributed by atoms with Crippen molar-refractivity contribution < 1.29 is 23.1 Å². The number of amides is 2. The van der Waals surface area contributed by atoms with Gasteiger partial charge in [-0.05, 0) is 62.2 Å². The van der Waals surface area contributed by atoms with Crippen LogP contribution < -0.4 is 26.4 Å². The standard InChI is InChI=1S/C34H39ClF2N8O3/c1-22(38)29(31-40-14-6-16-44(31)2)33(47)43-27(30(39)26-20-24(35)10-11-28(26)48-34(36)37)21-42-25-12-18-45(19-13-25)17-7-15-41-32(46)23-8-4-3-5-9-23/h3-6,8-11,14,16,20-21,25,34,39,42H,1,7,12-13,15,17-19,38H2,2H3,(H,41,46)(H,43,47)/b27-21+,31-29+,39-30?. The monoisotopic (exact) mass is 680 g/mol. The van der Waals surface area contributed by atoms with Crippen LogP contribution in [0.2, 0.25) is 5.02 Å². The Morgan fingerprint density at radius 3 is 2.60 bits per heavy atom. The average Bonchev–Trinajstić information content (AvgIpc) is 3.07. The van der Waals surface area contributed by atoms with Gasteiger partial charge in [-0.25, -0.2) is 4.99 Å². The van der Waals surface area contributed by atoms with Gasteiger partial charge in [-0.2, -0.15) is 8.78 Å². The summed E-state index contributed by atoms with van der Waals surface area (Å²) in [5.74, 6) is -0.852. The summed E-state index contributed by atoms with van der Waals surface area (Å²) in [5, 5.41) is 18.1. The molecule has 2 aliphatic rings. The molecule has 14 heteroatoms. The van der Waals surface area contributed by atoms with E-state index in [1.54, 1.807) is 36.4 Å². The Morgan fingerprint density at radius 2 is 1.94 bits per heavy atom. The van der Waals surface area contributed by atoms with Crippen LogP contribution >= 0.6 is 11.6 Å². The fourth-order valence-electron chi connectivity index (χ4n) is 5.19. The maximum atomic E-state index is 13.6. The summed E-state index contributed by atoms with van der Waals surface area (Å²) < 4.78 is 31.1. The zero-order valence-electron chi connectivity index (χ0n) is 26.5. The van der Waals surface area contributed by atoms with Crippen LogP contribution in [0.5, 0.6) is 5.75 Å². The van der Waals surface area contributed by atoms with Crippen LogP contribution in [-0.2, 0) is 4.79 Å². The molecule has 1 saturated heterocycles. The van der Waals surface area contributed by atoms with Crippen molar-refractivity contribution >= 4 is 35.3 Å². The minimum Gasteiger partial charge on any atom is -0.434 e. The summed E-state index contributed by atoms with van der Waals surface area (Å²) in [6.07, 6.45) is 8.67. The van der Waals surface area contributed by atoms with E-state index in [0.717, 1.165) is 38.9 Å². The van der Waals surface area contributed by atoms with Gasteiger partial charge in [0, 0.05) is 73.2 Å². The van der Waals surface area contributed by atoms with Gasteiger partial charge in [0.05, 0.1) is 11.4 Å². The van der Waals surface area contributed by atoms with Gasteiger partial charge in [0.1, 0.15) is 17.1 Å². The van der Waals surface area contributed by atoms with Crippen molar-refractivity contribution in [2.75, 3.05) is 33.2 Å². The van der Waals surface area contributed by atoms with Crippen molar-refractivity contribution in [3.8, 4) is 5.75 Å². The lowest BCUT2D eigenvalue weighted by Gasteiger charge is -2.32. The van der Waals surface area contributed by atoms with Crippen LogP contribution in [0.4, 0.5) is 8.78 Å². The smallest absolute Gasteiger partial charge is 0.387 e. The van der Waals surface area contributed by atoms with Gasteiger partial charge >= 0.3 is 6.61 Å². The largest absolute Gasteiger partial charge is 0.434 e. The number of benzene rings is 2. The van der Waals surface area contributed by atoms with Crippen molar-refractivity contribution in [1.29, 1.82) is 5.41 Å². The molecule has 0 atom stereocenters. The predicted molar refractivity (Wildman–Crippen MR) is 183 cm³/mol. The minimum atomic E-state index is -3.15. The number of aliphatic imine (C=N–C) groups is 1. The number of nitrogens with zero attached hydrogens (tertiary/aromatic N) is 3. The Morgan fingerprint density at radius 1 is 1.21 bits per heavy atom. The number of halogens is 3. The summed E-state index contributed by atoms with van der Waals surface area (Å²) in [4.78, 5) is 34.1. The van der Waals surface area contributed by atoms with E-state index in [1.165, 1.54) is 30.6 Å². The molecule has 1 fully saturated rings. The zero-order valence-corrected chi connectivity index (χ0v) is 27.3. The molecule has 6 N–H and O–H groups in total. The highest BCUT2D eigenvalue weighted by Crippen LogP contribution is 2.27. The number of rotatable bonds is 14. The second-order valence-electron chi connectivity index (χ2n) is 11.1. The van der Waals surface area contributed by atoms with Crippen molar-refractivity contribution in [3.63, 3.8) is 0 Å². The number of nitrogens with one attached hydrogen (secondary N) is 4. The molecular weight excluding hydrogens is 642 g/mol. The minimum absolute atomic E-state index is 0.00334.